The van der Waals surface area contributed by atoms with Crippen molar-refractivity contribution in [3.8, 4) is 0 Å². The van der Waals surface area contributed by atoms with Gasteiger partial charge in [-0.15, -0.1) is 0 Å². The van der Waals surface area contributed by atoms with Crippen molar-refractivity contribution in [2.24, 2.45) is 5.16 Å². The lowest BCUT2D eigenvalue weighted by Crippen LogP contribution is -2.25. The summed E-state index contributed by atoms with van der Waals surface area (Å²) < 4.78 is 0. The van der Waals surface area contributed by atoms with Crippen molar-refractivity contribution in [3.63, 3.8) is 0 Å². The van der Waals surface area contributed by atoms with E-state index in [2.05, 4.69) is 5.16 Å². The van der Waals surface area contributed by atoms with Crippen LogP contribution in [0.1, 0.15) is 23.5 Å². The fourth-order valence-corrected chi connectivity index (χ4v) is 2.81. The second-order valence-corrected chi connectivity index (χ2v) is 5.13. The molecule has 0 aromatic heterocycles. The number of carbonyl (C=O) groups is 1. The first kappa shape index (κ1) is 13.4. The first-order chi connectivity index (χ1) is 10.2. The van der Waals surface area contributed by atoms with E-state index in [-0.39, 0.29) is 11.8 Å². The Morgan fingerprint density at radius 1 is 1.14 bits per heavy atom. The topological polar surface area (TPSA) is 52.9 Å². The van der Waals surface area contributed by atoms with Gasteiger partial charge >= 0.3 is 0 Å². The predicted octanol–water partition coefficient (Wildman–Crippen LogP) is 3.02. The van der Waals surface area contributed by atoms with E-state index < -0.39 is 0 Å². The Bertz CT molecular complexity index is 695. The van der Waals surface area contributed by atoms with Gasteiger partial charge in [0.1, 0.15) is 0 Å². The number of amides is 1. The summed E-state index contributed by atoms with van der Waals surface area (Å²) >= 11 is 0. The number of para-hydroxylation sites is 1. The SMILES string of the molecule is CN1C(=O)C(C/C(=N/O)c2ccccc2)c2ccccc21. The number of carbonyl (C=O) groups excluding carboxylic acids is 1. The third-order valence-electron chi connectivity index (χ3n) is 3.93. The summed E-state index contributed by atoms with van der Waals surface area (Å²) in [6.45, 7) is 0. The van der Waals surface area contributed by atoms with Crippen LogP contribution >= 0.6 is 0 Å². The molecule has 1 aliphatic rings. The number of oxime groups is 1. The number of nitrogens with zero attached hydrogens (tertiary/aromatic N) is 2. The zero-order valence-corrected chi connectivity index (χ0v) is 11.7. The summed E-state index contributed by atoms with van der Waals surface area (Å²) in [4.78, 5) is 14.1. The van der Waals surface area contributed by atoms with E-state index >= 15 is 0 Å². The maximum atomic E-state index is 12.4. The highest BCUT2D eigenvalue weighted by Crippen LogP contribution is 2.38. The van der Waals surface area contributed by atoms with Crippen molar-refractivity contribution in [2.45, 2.75) is 12.3 Å². The van der Waals surface area contributed by atoms with Crippen LogP contribution in [0.4, 0.5) is 5.69 Å². The van der Waals surface area contributed by atoms with Gasteiger partial charge in [-0.05, 0) is 17.2 Å². The minimum Gasteiger partial charge on any atom is -0.411 e. The van der Waals surface area contributed by atoms with E-state index in [9.17, 15) is 10.0 Å². The van der Waals surface area contributed by atoms with Crippen molar-refractivity contribution in [3.05, 3.63) is 65.7 Å². The molecule has 1 atom stereocenters. The van der Waals surface area contributed by atoms with Crippen molar-refractivity contribution in [2.75, 3.05) is 11.9 Å². The maximum absolute atomic E-state index is 12.4. The molecule has 1 unspecified atom stereocenters. The van der Waals surface area contributed by atoms with Gasteiger partial charge in [0.15, 0.2) is 0 Å². The first-order valence-corrected chi connectivity index (χ1v) is 6.85. The Morgan fingerprint density at radius 3 is 2.52 bits per heavy atom. The molecule has 1 N–H and O–H groups in total. The lowest BCUT2D eigenvalue weighted by molar-refractivity contribution is -0.118. The van der Waals surface area contributed by atoms with E-state index in [1.165, 1.54) is 0 Å². The van der Waals surface area contributed by atoms with E-state index in [0.717, 1.165) is 16.8 Å². The highest BCUT2D eigenvalue weighted by atomic mass is 16.4. The van der Waals surface area contributed by atoms with Crippen LogP contribution in [0, 0.1) is 0 Å². The van der Waals surface area contributed by atoms with E-state index in [1.54, 1.807) is 11.9 Å². The van der Waals surface area contributed by atoms with Crippen LogP contribution in [0.15, 0.2) is 59.8 Å². The lowest BCUT2D eigenvalue weighted by atomic mass is 9.92. The van der Waals surface area contributed by atoms with E-state index in [4.69, 9.17) is 0 Å². The number of anilines is 1. The van der Waals surface area contributed by atoms with E-state index in [1.807, 2.05) is 54.6 Å². The van der Waals surface area contributed by atoms with Crippen LogP contribution < -0.4 is 4.90 Å². The van der Waals surface area contributed by atoms with Gasteiger partial charge in [-0.3, -0.25) is 4.79 Å². The molecule has 21 heavy (non-hydrogen) atoms. The minimum absolute atomic E-state index is 0.0354. The van der Waals surface area contributed by atoms with Crippen LogP contribution in [0.2, 0.25) is 0 Å². The van der Waals surface area contributed by atoms with Crippen molar-refractivity contribution in [1.82, 2.24) is 0 Å². The molecule has 2 aromatic carbocycles. The molecule has 3 rings (SSSR count). The average Bonchev–Trinajstić information content (AvgIpc) is 2.78. The third-order valence-corrected chi connectivity index (χ3v) is 3.93. The Balaban J connectivity index is 1.93. The number of hydrogen-bond donors (Lipinski definition) is 1. The summed E-state index contributed by atoms with van der Waals surface area (Å²) in [7, 11) is 1.78. The van der Waals surface area contributed by atoms with Crippen LogP contribution in [-0.4, -0.2) is 23.9 Å². The Morgan fingerprint density at radius 2 is 1.81 bits per heavy atom. The lowest BCUT2D eigenvalue weighted by Gasteiger charge is -2.12. The summed E-state index contributed by atoms with van der Waals surface area (Å²) in [6.07, 6.45) is 0.390. The number of hydrogen-bond acceptors (Lipinski definition) is 3. The highest BCUT2D eigenvalue weighted by molar-refractivity contribution is 6.09. The quantitative estimate of drug-likeness (QED) is 0.534. The monoisotopic (exact) mass is 280 g/mol. The largest absolute Gasteiger partial charge is 0.411 e. The Kier molecular flexibility index (Phi) is 3.44. The van der Waals surface area contributed by atoms with Crippen LogP contribution in [0.3, 0.4) is 0 Å². The molecule has 1 aliphatic heterocycles. The molecular formula is C17H16N2O2. The number of rotatable bonds is 3. The van der Waals surface area contributed by atoms with Crippen LogP contribution in [0.25, 0.3) is 0 Å². The minimum atomic E-state index is -0.294. The van der Waals surface area contributed by atoms with Crippen molar-refractivity contribution >= 4 is 17.3 Å². The van der Waals surface area contributed by atoms with Gasteiger partial charge in [0.2, 0.25) is 5.91 Å². The highest BCUT2D eigenvalue weighted by Gasteiger charge is 2.35. The van der Waals surface area contributed by atoms with Gasteiger partial charge in [-0.2, -0.15) is 0 Å². The molecule has 106 valence electrons. The standard InChI is InChI=1S/C17H16N2O2/c1-19-16-10-6-5-9-13(16)14(17(19)20)11-15(18-21)12-7-3-2-4-8-12/h2-10,14,21H,11H2,1H3/b18-15-. The summed E-state index contributed by atoms with van der Waals surface area (Å²) in [5, 5.41) is 12.7. The Hall–Kier alpha value is -2.62. The molecule has 1 heterocycles. The van der Waals surface area contributed by atoms with Gasteiger partial charge < -0.3 is 10.1 Å². The molecular weight excluding hydrogens is 264 g/mol. The smallest absolute Gasteiger partial charge is 0.234 e. The first-order valence-electron chi connectivity index (χ1n) is 6.85. The van der Waals surface area contributed by atoms with Gasteiger partial charge in [0.25, 0.3) is 0 Å². The molecule has 2 aromatic rings. The second kappa shape index (κ2) is 5.40. The van der Waals surface area contributed by atoms with E-state index in [0.29, 0.717) is 12.1 Å². The van der Waals surface area contributed by atoms with Crippen molar-refractivity contribution in [1.29, 1.82) is 0 Å². The number of fused-ring (bicyclic) bond motifs is 1. The molecule has 0 radical (unpaired) electrons. The molecule has 0 bridgehead atoms. The zero-order valence-electron chi connectivity index (χ0n) is 11.7. The third kappa shape index (κ3) is 2.29. The normalized spacial score (nSPS) is 18.0. The molecule has 0 fully saturated rings. The molecule has 0 spiro atoms. The molecule has 0 aliphatic carbocycles. The molecule has 4 heteroatoms. The Labute approximate surface area is 123 Å². The number of benzene rings is 2. The fraction of sp³-hybridized carbons (Fsp3) is 0.176. The summed E-state index contributed by atoms with van der Waals surface area (Å²) in [5.74, 6) is -0.259. The fourth-order valence-electron chi connectivity index (χ4n) is 2.81. The van der Waals surface area contributed by atoms with Gasteiger partial charge in [-0.25, -0.2) is 0 Å². The molecule has 1 amide bonds. The van der Waals surface area contributed by atoms with Crippen LogP contribution in [-0.2, 0) is 4.79 Å². The van der Waals surface area contributed by atoms with Gasteiger partial charge in [0.05, 0.1) is 11.6 Å². The molecule has 4 nitrogen and oxygen atoms in total. The molecule has 0 saturated carbocycles. The van der Waals surface area contributed by atoms with Gasteiger partial charge in [-0.1, -0.05) is 53.7 Å². The second-order valence-electron chi connectivity index (χ2n) is 5.13. The number of likely N-dealkylation sites (N-methyl/N-ethyl adjacent to an activating group) is 1. The summed E-state index contributed by atoms with van der Waals surface area (Å²) in [6, 6.07) is 17.2. The molecule has 0 saturated heterocycles. The maximum Gasteiger partial charge on any atom is 0.234 e. The predicted molar refractivity (Wildman–Crippen MR) is 82.0 cm³/mol. The average molecular weight is 280 g/mol. The van der Waals surface area contributed by atoms with Crippen LogP contribution in [0.5, 0.6) is 0 Å². The summed E-state index contributed by atoms with van der Waals surface area (Å²) in [5.41, 5.74) is 3.28. The zero-order chi connectivity index (χ0) is 14.8. The van der Waals surface area contributed by atoms with Crippen molar-refractivity contribution < 1.29 is 10.0 Å². The van der Waals surface area contributed by atoms with Gasteiger partial charge in [0, 0.05) is 19.2 Å².